The quantitative estimate of drug-likeness (QED) is 0.450. The van der Waals surface area contributed by atoms with Gasteiger partial charge in [0.15, 0.2) is 6.61 Å². The maximum atomic E-state index is 12.5. The second-order valence-corrected chi connectivity index (χ2v) is 6.21. The number of methoxy groups -OCH3 is 2. The summed E-state index contributed by atoms with van der Waals surface area (Å²) in [6.07, 6.45) is 0. The molecule has 0 saturated heterocycles. The third-order valence-electron chi connectivity index (χ3n) is 4.47. The minimum atomic E-state index is -0.616. The number of aryl methyl sites for hydroxylation is 1. The monoisotopic (exact) mass is 394 g/mol. The topological polar surface area (TPSA) is 96.8 Å². The van der Waals surface area contributed by atoms with E-state index in [1.54, 1.807) is 39.3 Å². The van der Waals surface area contributed by atoms with E-state index < -0.39 is 5.97 Å². The first-order chi connectivity index (χ1) is 14.1. The van der Waals surface area contributed by atoms with Gasteiger partial charge in [0.25, 0.3) is 5.89 Å². The van der Waals surface area contributed by atoms with Gasteiger partial charge in [-0.3, -0.25) is 0 Å². The second kappa shape index (κ2) is 7.67. The van der Waals surface area contributed by atoms with Crippen LogP contribution in [-0.4, -0.2) is 30.3 Å². The van der Waals surface area contributed by atoms with Crippen LogP contribution < -0.4 is 9.47 Å². The lowest BCUT2D eigenvalue weighted by molar-refractivity contribution is 0.0395. The smallest absolute Gasteiger partial charge is 0.375 e. The first kappa shape index (κ1) is 18.5. The van der Waals surface area contributed by atoms with Crippen LogP contribution in [0.2, 0.25) is 0 Å². The summed E-state index contributed by atoms with van der Waals surface area (Å²) < 4.78 is 26.6. The van der Waals surface area contributed by atoms with Crippen LogP contribution >= 0.6 is 0 Å². The number of fused-ring (bicyclic) bond motifs is 1. The Labute approximate surface area is 166 Å². The van der Waals surface area contributed by atoms with Gasteiger partial charge >= 0.3 is 5.97 Å². The molecule has 2 aromatic heterocycles. The van der Waals surface area contributed by atoms with Crippen molar-refractivity contribution < 1.29 is 27.9 Å². The number of nitrogens with zero attached hydrogens (tertiary/aromatic N) is 2. The molecule has 8 heteroatoms. The summed E-state index contributed by atoms with van der Waals surface area (Å²) in [4.78, 5) is 16.7. The van der Waals surface area contributed by atoms with Crippen molar-refractivity contribution in [3.05, 3.63) is 59.7 Å². The zero-order valence-electron chi connectivity index (χ0n) is 16.1. The molecule has 0 fully saturated rings. The van der Waals surface area contributed by atoms with Gasteiger partial charge in [0.1, 0.15) is 17.1 Å². The SMILES string of the molecule is COc1ccc2oc(C(=O)OCc3nc(-c4ccccc4OC)no3)c(C)c2c1. The van der Waals surface area contributed by atoms with Gasteiger partial charge in [0, 0.05) is 10.9 Å². The van der Waals surface area contributed by atoms with Crippen molar-refractivity contribution in [1.82, 2.24) is 10.1 Å². The molecule has 0 aliphatic carbocycles. The lowest BCUT2D eigenvalue weighted by Gasteiger charge is -2.03. The number of aromatic nitrogens is 2. The summed E-state index contributed by atoms with van der Waals surface area (Å²) in [5, 5.41) is 4.71. The van der Waals surface area contributed by atoms with E-state index in [4.69, 9.17) is 23.2 Å². The molecule has 0 unspecified atom stereocenters. The molecule has 2 aromatic carbocycles. The predicted molar refractivity (Wildman–Crippen MR) is 103 cm³/mol. The zero-order valence-corrected chi connectivity index (χ0v) is 16.1. The molecule has 0 bridgehead atoms. The van der Waals surface area contributed by atoms with Crippen molar-refractivity contribution in [3.8, 4) is 22.9 Å². The number of benzene rings is 2. The van der Waals surface area contributed by atoms with Crippen molar-refractivity contribution in [2.75, 3.05) is 14.2 Å². The van der Waals surface area contributed by atoms with Crippen molar-refractivity contribution >= 4 is 16.9 Å². The second-order valence-electron chi connectivity index (χ2n) is 6.21. The summed E-state index contributed by atoms with van der Waals surface area (Å²) in [5.74, 6) is 1.31. The van der Waals surface area contributed by atoms with Crippen LogP contribution in [0.5, 0.6) is 11.5 Å². The lowest BCUT2D eigenvalue weighted by Crippen LogP contribution is -2.05. The molecule has 8 nitrogen and oxygen atoms in total. The van der Waals surface area contributed by atoms with Gasteiger partial charge < -0.3 is 23.2 Å². The van der Waals surface area contributed by atoms with Crippen LogP contribution in [-0.2, 0) is 11.3 Å². The largest absolute Gasteiger partial charge is 0.497 e. The summed E-state index contributed by atoms with van der Waals surface area (Å²) in [5.41, 5.74) is 1.93. The molecular formula is C21H18N2O6. The average Bonchev–Trinajstić information content (AvgIpc) is 3.36. The maximum Gasteiger partial charge on any atom is 0.375 e. The molecule has 148 valence electrons. The molecular weight excluding hydrogens is 376 g/mol. The van der Waals surface area contributed by atoms with Gasteiger partial charge in [-0.15, -0.1) is 0 Å². The number of rotatable bonds is 6. The van der Waals surface area contributed by atoms with Crippen LogP contribution in [0.25, 0.3) is 22.4 Å². The number of hydrogen-bond donors (Lipinski definition) is 0. The molecule has 0 spiro atoms. The highest BCUT2D eigenvalue weighted by Gasteiger charge is 2.21. The Morgan fingerprint density at radius 3 is 2.72 bits per heavy atom. The fourth-order valence-electron chi connectivity index (χ4n) is 2.97. The number of furan rings is 1. The van der Waals surface area contributed by atoms with Gasteiger partial charge in [-0.05, 0) is 37.3 Å². The van der Waals surface area contributed by atoms with E-state index in [9.17, 15) is 4.79 Å². The van der Waals surface area contributed by atoms with Gasteiger partial charge in [0.2, 0.25) is 11.6 Å². The lowest BCUT2D eigenvalue weighted by atomic mass is 10.1. The van der Waals surface area contributed by atoms with Gasteiger partial charge in [-0.25, -0.2) is 4.79 Å². The van der Waals surface area contributed by atoms with Crippen molar-refractivity contribution in [1.29, 1.82) is 0 Å². The minimum Gasteiger partial charge on any atom is -0.497 e. The molecule has 4 rings (SSSR count). The summed E-state index contributed by atoms with van der Waals surface area (Å²) in [6, 6.07) is 12.6. The molecule has 4 aromatic rings. The number of carbonyl (C=O) groups is 1. The Morgan fingerprint density at radius 1 is 1.10 bits per heavy atom. The number of esters is 1. The average molecular weight is 394 g/mol. The Kier molecular flexibility index (Phi) is 4.90. The van der Waals surface area contributed by atoms with Gasteiger partial charge in [0.05, 0.1) is 19.8 Å². The number of hydrogen-bond acceptors (Lipinski definition) is 8. The molecule has 0 aliphatic rings. The van der Waals surface area contributed by atoms with E-state index in [-0.39, 0.29) is 18.3 Å². The van der Waals surface area contributed by atoms with E-state index in [1.807, 2.05) is 24.3 Å². The fourth-order valence-corrected chi connectivity index (χ4v) is 2.97. The Hall–Kier alpha value is -3.81. The highest BCUT2D eigenvalue weighted by atomic mass is 16.6. The van der Waals surface area contributed by atoms with Crippen LogP contribution in [0.15, 0.2) is 51.4 Å². The zero-order chi connectivity index (χ0) is 20.4. The molecule has 0 amide bonds. The molecule has 0 atom stereocenters. The summed E-state index contributed by atoms with van der Waals surface area (Å²) in [6.45, 7) is 1.61. The molecule has 0 saturated carbocycles. The van der Waals surface area contributed by atoms with E-state index in [1.165, 1.54) is 0 Å². The third-order valence-corrected chi connectivity index (χ3v) is 4.47. The third kappa shape index (κ3) is 3.52. The van der Waals surface area contributed by atoms with Crippen LogP contribution in [0.1, 0.15) is 22.0 Å². The van der Waals surface area contributed by atoms with Crippen molar-refractivity contribution in [3.63, 3.8) is 0 Å². The van der Waals surface area contributed by atoms with E-state index >= 15 is 0 Å². The standard InChI is InChI=1S/C21H18N2O6/c1-12-15-10-13(25-2)8-9-17(15)28-19(12)21(24)27-11-18-22-20(23-29-18)14-6-4-5-7-16(14)26-3/h4-10H,11H2,1-3H3. The molecule has 29 heavy (non-hydrogen) atoms. The number of para-hydroxylation sites is 1. The molecule has 0 N–H and O–H groups in total. The Morgan fingerprint density at radius 2 is 1.93 bits per heavy atom. The number of carbonyl (C=O) groups excluding carboxylic acids is 1. The minimum absolute atomic E-state index is 0.123. The van der Waals surface area contributed by atoms with Crippen LogP contribution in [0.4, 0.5) is 0 Å². The molecule has 0 aliphatic heterocycles. The Bertz CT molecular complexity index is 1180. The van der Waals surface area contributed by atoms with Gasteiger partial charge in [-0.2, -0.15) is 4.98 Å². The van der Waals surface area contributed by atoms with E-state index in [0.717, 1.165) is 5.39 Å². The maximum absolute atomic E-state index is 12.5. The highest BCUT2D eigenvalue weighted by Crippen LogP contribution is 2.30. The van der Waals surface area contributed by atoms with E-state index in [2.05, 4.69) is 10.1 Å². The van der Waals surface area contributed by atoms with Crippen LogP contribution in [0.3, 0.4) is 0 Å². The van der Waals surface area contributed by atoms with Crippen LogP contribution in [0, 0.1) is 6.92 Å². The number of ether oxygens (including phenoxy) is 3. The summed E-state index contributed by atoms with van der Waals surface area (Å²) in [7, 11) is 3.14. The summed E-state index contributed by atoms with van der Waals surface area (Å²) >= 11 is 0. The van der Waals surface area contributed by atoms with E-state index in [0.29, 0.717) is 34.0 Å². The first-order valence-electron chi connectivity index (χ1n) is 8.81. The Balaban J connectivity index is 1.50. The fraction of sp³-hybridized carbons (Fsp3) is 0.190. The predicted octanol–water partition coefficient (Wildman–Crippen LogP) is 4.17. The van der Waals surface area contributed by atoms with Crippen molar-refractivity contribution in [2.24, 2.45) is 0 Å². The normalized spacial score (nSPS) is 10.9. The highest BCUT2D eigenvalue weighted by molar-refractivity contribution is 5.96. The van der Waals surface area contributed by atoms with Gasteiger partial charge in [-0.1, -0.05) is 17.3 Å². The molecule has 0 radical (unpaired) electrons. The van der Waals surface area contributed by atoms with Crippen molar-refractivity contribution in [2.45, 2.75) is 13.5 Å². The molecule has 2 heterocycles. The first-order valence-corrected chi connectivity index (χ1v) is 8.81.